The fourth-order valence-corrected chi connectivity index (χ4v) is 3.85. The van der Waals surface area contributed by atoms with E-state index in [-0.39, 0.29) is 23.9 Å². The summed E-state index contributed by atoms with van der Waals surface area (Å²) in [7, 11) is 4.61. The third-order valence-corrected chi connectivity index (χ3v) is 5.21. The van der Waals surface area contributed by atoms with E-state index in [1.54, 1.807) is 12.1 Å². The molecule has 2 atom stereocenters. The fourth-order valence-electron chi connectivity index (χ4n) is 3.19. The summed E-state index contributed by atoms with van der Waals surface area (Å²) in [4.78, 5) is 14.3. The van der Waals surface area contributed by atoms with E-state index in [0.29, 0.717) is 47.0 Å². The van der Waals surface area contributed by atoms with E-state index in [9.17, 15) is 4.79 Å². The Morgan fingerprint density at radius 1 is 1.10 bits per heavy atom. The molecule has 0 bridgehead atoms. The van der Waals surface area contributed by atoms with Gasteiger partial charge in [-0.1, -0.05) is 11.8 Å². The van der Waals surface area contributed by atoms with Crippen LogP contribution in [0.3, 0.4) is 0 Å². The number of nitrogens with zero attached hydrogens (tertiary/aromatic N) is 3. The minimum absolute atomic E-state index is 0.0181. The Morgan fingerprint density at radius 2 is 1.72 bits per heavy atom. The normalized spacial score (nSPS) is 19.1. The fraction of sp³-hybridized carbons (Fsp3) is 0.526. The quantitative estimate of drug-likeness (QED) is 0.622. The number of carbonyl (C=O) groups is 1. The second kappa shape index (κ2) is 9.36. The summed E-state index contributed by atoms with van der Waals surface area (Å²) in [6.07, 6.45) is 0.0606. The van der Waals surface area contributed by atoms with Gasteiger partial charge in [-0.05, 0) is 26.0 Å². The van der Waals surface area contributed by atoms with Crippen LogP contribution >= 0.6 is 11.8 Å². The van der Waals surface area contributed by atoms with Gasteiger partial charge in [0.05, 0.1) is 39.3 Å². The van der Waals surface area contributed by atoms with Crippen molar-refractivity contribution < 1.29 is 28.2 Å². The molecule has 2 aromatic rings. The van der Waals surface area contributed by atoms with E-state index in [0.717, 1.165) is 0 Å². The summed E-state index contributed by atoms with van der Waals surface area (Å²) >= 11 is 1.21. The largest absolute Gasteiger partial charge is 0.493 e. The number of methoxy groups -OCH3 is 3. The van der Waals surface area contributed by atoms with Gasteiger partial charge < -0.3 is 28.3 Å². The van der Waals surface area contributed by atoms with Crippen molar-refractivity contribution in [3.05, 3.63) is 12.1 Å². The number of hydrogen-bond acceptors (Lipinski definition) is 9. The van der Waals surface area contributed by atoms with Crippen molar-refractivity contribution in [1.29, 1.82) is 0 Å². The Morgan fingerprint density at radius 3 is 2.28 bits per heavy atom. The molecule has 0 N–H and O–H groups in total. The molecule has 1 fully saturated rings. The number of rotatable bonds is 7. The highest BCUT2D eigenvalue weighted by atomic mass is 32.2. The number of aromatic nitrogens is 2. The van der Waals surface area contributed by atoms with Crippen molar-refractivity contribution >= 4 is 17.7 Å². The number of thioether (sulfide) groups is 1. The lowest BCUT2D eigenvalue weighted by molar-refractivity contribution is -0.140. The molecule has 1 aliphatic heterocycles. The van der Waals surface area contributed by atoms with Crippen LogP contribution < -0.4 is 14.2 Å². The van der Waals surface area contributed by atoms with Gasteiger partial charge in [-0.3, -0.25) is 4.79 Å². The molecule has 158 valence electrons. The van der Waals surface area contributed by atoms with Crippen LogP contribution in [-0.2, 0) is 9.53 Å². The van der Waals surface area contributed by atoms with Gasteiger partial charge in [0.1, 0.15) is 0 Å². The molecule has 0 unspecified atom stereocenters. The Bertz CT molecular complexity index is 823. The molecule has 10 heteroatoms. The zero-order chi connectivity index (χ0) is 21.0. The summed E-state index contributed by atoms with van der Waals surface area (Å²) in [5.74, 6) is 1.99. The Balaban J connectivity index is 1.69. The molecule has 0 spiro atoms. The van der Waals surface area contributed by atoms with Crippen LogP contribution in [0.25, 0.3) is 11.5 Å². The lowest BCUT2D eigenvalue weighted by atomic mass is 10.2. The molecule has 0 radical (unpaired) electrons. The first-order valence-electron chi connectivity index (χ1n) is 9.15. The highest BCUT2D eigenvalue weighted by Gasteiger charge is 2.26. The molecule has 0 saturated carbocycles. The first-order chi connectivity index (χ1) is 13.9. The molecule has 2 heterocycles. The molecule has 1 saturated heterocycles. The van der Waals surface area contributed by atoms with Gasteiger partial charge in [0, 0.05) is 18.7 Å². The van der Waals surface area contributed by atoms with Crippen molar-refractivity contribution in [1.82, 2.24) is 15.1 Å². The monoisotopic (exact) mass is 423 g/mol. The first kappa shape index (κ1) is 21.3. The van der Waals surface area contributed by atoms with Gasteiger partial charge in [-0.25, -0.2) is 0 Å². The van der Waals surface area contributed by atoms with Crippen LogP contribution in [0.4, 0.5) is 0 Å². The number of hydrogen-bond donors (Lipinski definition) is 0. The molecule has 1 aromatic carbocycles. The smallest absolute Gasteiger partial charge is 0.277 e. The van der Waals surface area contributed by atoms with E-state index in [4.69, 9.17) is 23.4 Å². The van der Waals surface area contributed by atoms with Crippen molar-refractivity contribution in [2.75, 3.05) is 40.2 Å². The number of ether oxygens (including phenoxy) is 4. The van der Waals surface area contributed by atoms with Crippen molar-refractivity contribution in [2.45, 2.75) is 31.3 Å². The van der Waals surface area contributed by atoms with Crippen LogP contribution in [-0.4, -0.2) is 73.4 Å². The minimum atomic E-state index is 0.0181. The lowest BCUT2D eigenvalue weighted by Crippen LogP contribution is -2.48. The molecule has 1 amide bonds. The minimum Gasteiger partial charge on any atom is -0.493 e. The predicted molar refractivity (Wildman–Crippen MR) is 107 cm³/mol. The number of benzene rings is 1. The van der Waals surface area contributed by atoms with Gasteiger partial charge in [-0.15, -0.1) is 10.2 Å². The summed E-state index contributed by atoms with van der Waals surface area (Å²) in [5, 5.41) is 8.42. The maximum Gasteiger partial charge on any atom is 0.277 e. The molecule has 0 aliphatic carbocycles. The van der Waals surface area contributed by atoms with Gasteiger partial charge >= 0.3 is 0 Å². The maximum atomic E-state index is 12.5. The van der Waals surface area contributed by atoms with Crippen LogP contribution in [0.5, 0.6) is 17.2 Å². The van der Waals surface area contributed by atoms with Gasteiger partial charge in [0.25, 0.3) is 5.22 Å². The highest BCUT2D eigenvalue weighted by Crippen LogP contribution is 2.41. The molecule has 1 aliphatic rings. The van der Waals surface area contributed by atoms with E-state index >= 15 is 0 Å². The number of morpholine rings is 1. The molecule has 1 aromatic heterocycles. The van der Waals surface area contributed by atoms with Crippen LogP contribution in [0, 0.1) is 0 Å². The number of amides is 1. The summed E-state index contributed by atoms with van der Waals surface area (Å²) in [5.41, 5.74) is 0.626. The SMILES string of the molecule is COc1cc(-c2nnc(SCC(=O)N3C[C@@H](C)O[C@@H](C)C3)o2)cc(OC)c1OC. The third-order valence-electron chi connectivity index (χ3n) is 4.41. The van der Waals surface area contributed by atoms with E-state index in [2.05, 4.69) is 10.2 Å². The number of carbonyl (C=O) groups excluding carboxylic acids is 1. The second-order valence-electron chi connectivity index (χ2n) is 6.63. The van der Waals surface area contributed by atoms with Crippen LogP contribution in [0.1, 0.15) is 13.8 Å². The third kappa shape index (κ3) is 4.94. The molecular formula is C19H25N3O6S. The van der Waals surface area contributed by atoms with Gasteiger partial charge in [0.2, 0.25) is 17.5 Å². The second-order valence-corrected chi connectivity index (χ2v) is 7.56. The lowest BCUT2D eigenvalue weighted by Gasteiger charge is -2.35. The Hall–Kier alpha value is -2.46. The van der Waals surface area contributed by atoms with E-state index < -0.39 is 0 Å². The van der Waals surface area contributed by atoms with Crippen molar-refractivity contribution in [2.24, 2.45) is 0 Å². The first-order valence-corrected chi connectivity index (χ1v) is 10.1. The van der Waals surface area contributed by atoms with Gasteiger partial charge in [0.15, 0.2) is 11.5 Å². The maximum absolute atomic E-state index is 12.5. The average Bonchev–Trinajstić information content (AvgIpc) is 3.19. The molecule has 3 rings (SSSR count). The van der Waals surface area contributed by atoms with E-state index in [1.807, 2.05) is 18.7 Å². The molecular weight excluding hydrogens is 398 g/mol. The summed E-state index contributed by atoms with van der Waals surface area (Å²) in [6.45, 7) is 5.10. The predicted octanol–water partition coefficient (Wildman–Crippen LogP) is 2.49. The highest BCUT2D eigenvalue weighted by molar-refractivity contribution is 7.99. The molecule has 29 heavy (non-hydrogen) atoms. The Kier molecular flexibility index (Phi) is 6.86. The Labute approximate surface area is 173 Å². The standard InChI is InChI=1S/C19H25N3O6S/c1-11-8-22(9-12(2)27-11)16(23)10-29-19-21-20-18(28-19)13-6-14(24-3)17(26-5)15(7-13)25-4/h6-7,11-12H,8-10H2,1-5H3/t11-,12+. The summed E-state index contributed by atoms with van der Waals surface area (Å²) < 4.78 is 27.4. The van der Waals surface area contributed by atoms with Crippen molar-refractivity contribution in [3.8, 4) is 28.7 Å². The van der Waals surface area contributed by atoms with Crippen LogP contribution in [0.2, 0.25) is 0 Å². The van der Waals surface area contributed by atoms with Gasteiger partial charge in [-0.2, -0.15) is 0 Å². The zero-order valence-electron chi connectivity index (χ0n) is 17.1. The van der Waals surface area contributed by atoms with Crippen molar-refractivity contribution in [3.63, 3.8) is 0 Å². The van der Waals surface area contributed by atoms with Crippen LogP contribution in [0.15, 0.2) is 21.8 Å². The average molecular weight is 423 g/mol. The summed E-state index contributed by atoms with van der Waals surface area (Å²) in [6, 6.07) is 3.45. The van der Waals surface area contributed by atoms with E-state index in [1.165, 1.54) is 33.1 Å². The molecule has 9 nitrogen and oxygen atoms in total. The zero-order valence-corrected chi connectivity index (χ0v) is 17.9. The topological polar surface area (TPSA) is 96.2 Å².